The Morgan fingerprint density at radius 3 is 1.85 bits per heavy atom. The second-order valence-electron chi connectivity index (χ2n) is 2.95. The molecule has 2 nitrogen and oxygen atoms in total. The van der Waals surface area contributed by atoms with Gasteiger partial charge in [0.05, 0.1) is 0 Å². The van der Waals surface area contributed by atoms with Crippen molar-refractivity contribution in [2.45, 2.75) is 18.4 Å². The summed E-state index contributed by atoms with van der Waals surface area (Å²) in [5.41, 5.74) is 3.82. The SMILES string of the molecule is Cc1cc(CSN)cc(CSN)c1. The third-order valence-electron chi connectivity index (χ3n) is 1.70. The van der Waals surface area contributed by atoms with Crippen LogP contribution in [0.2, 0.25) is 0 Å². The highest BCUT2D eigenvalue weighted by Crippen LogP contribution is 2.15. The van der Waals surface area contributed by atoms with E-state index in [2.05, 4.69) is 25.1 Å². The zero-order valence-corrected chi connectivity index (χ0v) is 9.25. The highest BCUT2D eigenvalue weighted by Gasteiger charge is 1.98. The van der Waals surface area contributed by atoms with Gasteiger partial charge in [0, 0.05) is 11.5 Å². The molecule has 0 aliphatic heterocycles. The molecule has 0 aromatic heterocycles. The molecule has 0 unspecified atom stereocenters. The molecule has 1 aromatic carbocycles. The van der Waals surface area contributed by atoms with Crippen LogP contribution in [0.5, 0.6) is 0 Å². The number of rotatable bonds is 4. The Balaban J connectivity index is 2.83. The lowest BCUT2D eigenvalue weighted by atomic mass is 10.1. The van der Waals surface area contributed by atoms with E-state index >= 15 is 0 Å². The van der Waals surface area contributed by atoms with E-state index in [1.54, 1.807) is 0 Å². The van der Waals surface area contributed by atoms with Crippen molar-refractivity contribution in [3.8, 4) is 0 Å². The summed E-state index contributed by atoms with van der Waals surface area (Å²) in [6.45, 7) is 2.09. The fraction of sp³-hybridized carbons (Fsp3) is 0.333. The number of hydrogen-bond acceptors (Lipinski definition) is 4. The predicted molar refractivity (Wildman–Crippen MR) is 62.1 cm³/mol. The molecule has 0 bridgehead atoms. The Hall–Kier alpha value is -0.160. The number of nitrogens with two attached hydrogens (primary N) is 2. The number of benzene rings is 1. The predicted octanol–water partition coefficient (Wildman–Crippen LogP) is 2.21. The van der Waals surface area contributed by atoms with Gasteiger partial charge in [-0.15, -0.1) is 0 Å². The summed E-state index contributed by atoms with van der Waals surface area (Å²) in [6, 6.07) is 6.47. The van der Waals surface area contributed by atoms with Gasteiger partial charge in [-0.1, -0.05) is 47.7 Å². The van der Waals surface area contributed by atoms with E-state index in [0.29, 0.717) is 0 Å². The van der Waals surface area contributed by atoms with Gasteiger partial charge >= 0.3 is 0 Å². The minimum Gasteiger partial charge on any atom is -0.278 e. The Kier molecular flexibility index (Phi) is 4.66. The van der Waals surface area contributed by atoms with Crippen molar-refractivity contribution >= 4 is 23.9 Å². The molecular weight excluding hydrogens is 200 g/mol. The van der Waals surface area contributed by atoms with Crippen LogP contribution < -0.4 is 10.3 Å². The zero-order valence-electron chi connectivity index (χ0n) is 7.62. The second-order valence-corrected chi connectivity index (χ2v) is 4.19. The third-order valence-corrected chi connectivity index (χ3v) is 2.70. The Morgan fingerprint density at radius 1 is 1.00 bits per heavy atom. The minimum absolute atomic E-state index is 0.865. The normalized spacial score (nSPS) is 10.4. The molecule has 0 aliphatic rings. The first-order chi connectivity index (χ1) is 6.26. The molecule has 0 heterocycles. The lowest BCUT2D eigenvalue weighted by molar-refractivity contribution is 1.28. The van der Waals surface area contributed by atoms with Gasteiger partial charge in [-0.3, -0.25) is 10.3 Å². The lowest BCUT2D eigenvalue weighted by Gasteiger charge is -2.04. The summed E-state index contributed by atoms with van der Waals surface area (Å²) in [5, 5.41) is 10.8. The molecule has 0 saturated heterocycles. The molecule has 0 spiro atoms. The Morgan fingerprint density at radius 2 is 1.46 bits per heavy atom. The van der Waals surface area contributed by atoms with E-state index in [0.717, 1.165) is 11.5 Å². The zero-order chi connectivity index (χ0) is 9.68. The molecule has 4 N–H and O–H groups in total. The number of aryl methyl sites for hydroxylation is 1. The van der Waals surface area contributed by atoms with Crippen LogP contribution in [0.4, 0.5) is 0 Å². The summed E-state index contributed by atoms with van der Waals surface area (Å²) >= 11 is 2.70. The molecule has 4 heteroatoms. The Bertz CT molecular complexity index is 252. The van der Waals surface area contributed by atoms with Crippen molar-refractivity contribution in [3.05, 3.63) is 34.9 Å². The first kappa shape index (κ1) is 10.9. The first-order valence-electron chi connectivity index (χ1n) is 3.99. The van der Waals surface area contributed by atoms with E-state index in [1.165, 1.54) is 40.6 Å². The first-order valence-corrected chi connectivity index (χ1v) is 6.09. The molecule has 0 saturated carbocycles. The summed E-state index contributed by atoms with van der Waals surface area (Å²) in [6.07, 6.45) is 0. The number of hydrogen-bond donors (Lipinski definition) is 2. The molecular formula is C9H14N2S2. The van der Waals surface area contributed by atoms with Crippen LogP contribution in [0, 0.1) is 6.92 Å². The summed E-state index contributed by atoms with van der Waals surface area (Å²) < 4.78 is 0. The molecule has 13 heavy (non-hydrogen) atoms. The highest BCUT2D eigenvalue weighted by molar-refractivity contribution is 7.96. The monoisotopic (exact) mass is 214 g/mol. The maximum absolute atomic E-state index is 5.42. The fourth-order valence-corrected chi connectivity index (χ4v) is 2.03. The summed E-state index contributed by atoms with van der Waals surface area (Å²) in [7, 11) is 0. The van der Waals surface area contributed by atoms with Gasteiger partial charge in [0.15, 0.2) is 0 Å². The topological polar surface area (TPSA) is 52.0 Å². The van der Waals surface area contributed by atoms with Crippen LogP contribution in [0.3, 0.4) is 0 Å². The Labute approximate surface area is 87.7 Å². The molecule has 1 rings (SSSR count). The average molecular weight is 214 g/mol. The molecule has 0 atom stereocenters. The van der Waals surface area contributed by atoms with Crippen molar-refractivity contribution < 1.29 is 0 Å². The van der Waals surface area contributed by atoms with Crippen LogP contribution >= 0.6 is 23.9 Å². The van der Waals surface area contributed by atoms with Crippen molar-refractivity contribution in [1.29, 1.82) is 0 Å². The molecule has 0 fully saturated rings. The van der Waals surface area contributed by atoms with Gasteiger partial charge in [0.1, 0.15) is 0 Å². The fourth-order valence-electron chi connectivity index (χ4n) is 1.31. The quantitative estimate of drug-likeness (QED) is 0.755. The molecule has 72 valence electrons. The van der Waals surface area contributed by atoms with E-state index in [-0.39, 0.29) is 0 Å². The smallest absolute Gasteiger partial charge is 0.0328 e. The van der Waals surface area contributed by atoms with Crippen molar-refractivity contribution in [1.82, 2.24) is 0 Å². The molecule has 0 aliphatic carbocycles. The maximum Gasteiger partial charge on any atom is 0.0328 e. The average Bonchev–Trinajstić information content (AvgIpc) is 2.04. The van der Waals surface area contributed by atoms with Gasteiger partial charge in [-0.25, -0.2) is 0 Å². The van der Waals surface area contributed by atoms with Crippen LogP contribution in [-0.4, -0.2) is 0 Å². The van der Waals surface area contributed by atoms with Gasteiger partial charge in [-0.05, 0) is 18.1 Å². The minimum atomic E-state index is 0.865. The third kappa shape index (κ3) is 3.60. The second kappa shape index (κ2) is 5.54. The van der Waals surface area contributed by atoms with Crippen LogP contribution in [0.1, 0.15) is 16.7 Å². The van der Waals surface area contributed by atoms with E-state index in [9.17, 15) is 0 Å². The maximum atomic E-state index is 5.42. The molecule has 0 radical (unpaired) electrons. The van der Waals surface area contributed by atoms with Gasteiger partial charge in [0.2, 0.25) is 0 Å². The highest BCUT2D eigenvalue weighted by atomic mass is 32.2. The standard InChI is InChI=1S/C9H14N2S2/c1-7-2-8(5-12-10)4-9(3-7)6-13-11/h2-4H,5-6,10-11H2,1H3. The van der Waals surface area contributed by atoms with Crippen LogP contribution in [-0.2, 0) is 11.5 Å². The summed E-state index contributed by atoms with van der Waals surface area (Å²) in [5.74, 6) is 1.73. The molecule has 1 aromatic rings. The van der Waals surface area contributed by atoms with Gasteiger partial charge < -0.3 is 0 Å². The van der Waals surface area contributed by atoms with Crippen LogP contribution in [0.25, 0.3) is 0 Å². The van der Waals surface area contributed by atoms with E-state index in [4.69, 9.17) is 10.3 Å². The van der Waals surface area contributed by atoms with E-state index < -0.39 is 0 Å². The van der Waals surface area contributed by atoms with Crippen LogP contribution in [0.15, 0.2) is 18.2 Å². The van der Waals surface area contributed by atoms with Gasteiger partial charge in [0.25, 0.3) is 0 Å². The van der Waals surface area contributed by atoms with Crippen molar-refractivity contribution in [2.24, 2.45) is 10.3 Å². The van der Waals surface area contributed by atoms with Crippen molar-refractivity contribution in [3.63, 3.8) is 0 Å². The van der Waals surface area contributed by atoms with Crippen molar-refractivity contribution in [2.75, 3.05) is 0 Å². The van der Waals surface area contributed by atoms with Gasteiger partial charge in [-0.2, -0.15) is 0 Å². The summed E-state index contributed by atoms with van der Waals surface area (Å²) in [4.78, 5) is 0. The molecule has 0 amide bonds. The largest absolute Gasteiger partial charge is 0.278 e. The lowest BCUT2D eigenvalue weighted by Crippen LogP contribution is -1.91. The van der Waals surface area contributed by atoms with E-state index in [1.807, 2.05) is 0 Å².